The number of hydrogen-bond acceptors (Lipinski definition) is 5. The minimum atomic E-state index is -0.503. The van der Waals surface area contributed by atoms with Crippen LogP contribution in [-0.2, 0) is 6.54 Å². The fourth-order valence-electron chi connectivity index (χ4n) is 2.07. The molecule has 0 aliphatic heterocycles. The summed E-state index contributed by atoms with van der Waals surface area (Å²) >= 11 is 5.91. The molecule has 2 heterocycles. The molecule has 0 unspecified atom stereocenters. The molecule has 0 aliphatic carbocycles. The SMILES string of the molecule is CN(Cc1nc(-c2cccnc2)no1)C(=O)c1ccc(F)cc1Cl. The molecule has 0 N–H and O–H groups in total. The lowest BCUT2D eigenvalue weighted by Gasteiger charge is -2.15. The van der Waals surface area contributed by atoms with Crippen LogP contribution in [0.1, 0.15) is 16.2 Å². The summed E-state index contributed by atoms with van der Waals surface area (Å²) in [6, 6.07) is 7.17. The third-order valence-electron chi connectivity index (χ3n) is 3.27. The van der Waals surface area contributed by atoms with E-state index in [0.717, 1.165) is 6.07 Å². The molecule has 24 heavy (non-hydrogen) atoms. The van der Waals surface area contributed by atoms with E-state index < -0.39 is 5.82 Å². The van der Waals surface area contributed by atoms with E-state index in [4.69, 9.17) is 16.1 Å². The highest BCUT2D eigenvalue weighted by molar-refractivity contribution is 6.33. The molecule has 0 saturated carbocycles. The summed E-state index contributed by atoms with van der Waals surface area (Å²) in [4.78, 5) is 22.0. The van der Waals surface area contributed by atoms with Gasteiger partial charge in [-0.3, -0.25) is 9.78 Å². The van der Waals surface area contributed by atoms with Crippen molar-refractivity contribution in [3.8, 4) is 11.4 Å². The van der Waals surface area contributed by atoms with Gasteiger partial charge in [0.1, 0.15) is 5.82 Å². The van der Waals surface area contributed by atoms with Gasteiger partial charge in [0.25, 0.3) is 5.91 Å². The number of rotatable bonds is 4. The van der Waals surface area contributed by atoms with Crippen molar-refractivity contribution in [3.05, 3.63) is 65.0 Å². The Balaban J connectivity index is 1.74. The van der Waals surface area contributed by atoms with Crippen LogP contribution in [0.4, 0.5) is 4.39 Å². The van der Waals surface area contributed by atoms with Crippen LogP contribution < -0.4 is 0 Å². The number of hydrogen-bond donors (Lipinski definition) is 0. The summed E-state index contributed by atoms with van der Waals surface area (Å²) in [5, 5.41) is 3.91. The zero-order valence-electron chi connectivity index (χ0n) is 12.6. The van der Waals surface area contributed by atoms with E-state index in [9.17, 15) is 9.18 Å². The van der Waals surface area contributed by atoms with Crippen molar-refractivity contribution in [2.45, 2.75) is 6.54 Å². The van der Waals surface area contributed by atoms with E-state index in [2.05, 4.69) is 15.1 Å². The molecular formula is C16H12ClFN4O2. The van der Waals surface area contributed by atoms with E-state index >= 15 is 0 Å². The number of halogens is 2. The van der Waals surface area contributed by atoms with Gasteiger partial charge in [-0.15, -0.1) is 0 Å². The van der Waals surface area contributed by atoms with Crippen molar-refractivity contribution in [2.24, 2.45) is 0 Å². The Hall–Kier alpha value is -2.80. The quantitative estimate of drug-likeness (QED) is 0.725. The third kappa shape index (κ3) is 3.41. The van der Waals surface area contributed by atoms with Gasteiger partial charge in [0, 0.05) is 25.0 Å². The Labute approximate surface area is 141 Å². The first-order valence-electron chi connectivity index (χ1n) is 6.98. The van der Waals surface area contributed by atoms with Crippen molar-refractivity contribution in [3.63, 3.8) is 0 Å². The number of benzene rings is 1. The van der Waals surface area contributed by atoms with Gasteiger partial charge < -0.3 is 9.42 Å². The van der Waals surface area contributed by atoms with Gasteiger partial charge >= 0.3 is 0 Å². The van der Waals surface area contributed by atoms with Crippen molar-refractivity contribution in [2.75, 3.05) is 7.05 Å². The summed E-state index contributed by atoms with van der Waals surface area (Å²) < 4.78 is 18.2. The highest BCUT2D eigenvalue weighted by atomic mass is 35.5. The van der Waals surface area contributed by atoms with Gasteiger partial charge in [0.2, 0.25) is 11.7 Å². The van der Waals surface area contributed by atoms with Crippen LogP contribution >= 0.6 is 11.6 Å². The van der Waals surface area contributed by atoms with Gasteiger partial charge in [-0.25, -0.2) is 4.39 Å². The number of carbonyl (C=O) groups is 1. The molecule has 1 aromatic carbocycles. The van der Waals surface area contributed by atoms with Gasteiger partial charge in [-0.2, -0.15) is 4.98 Å². The molecule has 0 saturated heterocycles. The molecule has 3 aromatic rings. The van der Waals surface area contributed by atoms with Crippen LogP contribution in [0, 0.1) is 5.82 Å². The lowest BCUT2D eigenvalue weighted by molar-refractivity contribution is 0.0769. The molecule has 0 atom stereocenters. The summed E-state index contributed by atoms with van der Waals surface area (Å²) in [5.74, 6) is -0.222. The maximum atomic E-state index is 13.1. The Morgan fingerprint density at radius 1 is 1.38 bits per heavy atom. The predicted octanol–water partition coefficient (Wildman–Crippen LogP) is 3.20. The topological polar surface area (TPSA) is 72.1 Å². The second-order valence-electron chi connectivity index (χ2n) is 5.04. The van der Waals surface area contributed by atoms with Crippen LogP contribution in [0.5, 0.6) is 0 Å². The third-order valence-corrected chi connectivity index (χ3v) is 3.58. The molecule has 0 fully saturated rings. The van der Waals surface area contributed by atoms with E-state index in [-0.39, 0.29) is 28.9 Å². The average molecular weight is 347 g/mol. The van der Waals surface area contributed by atoms with Crippen molar-refractivity contribution < 1.29 is 13.7 Å². The first-order valence-corrected chi connectivity index (χ1v) is 7.36. The second kappa shape index (κ2) is 6.76. The molecule has 0 spiro atoms. The fraction of sp³-hybridized carbons (Fsp3) is 0.125. The molecule has 8 heteroatoms. The number of aromatic nitrogens is 3. The molecule has 0 bridgehead atoms. The Morgan fingerprint density at radius 2 is 2.21 bits per heavy atom. The number of amides is 1. The average Bonchev–Trinajstić information content (AvgIpc) is 3.03. The normalized spacial score (nSPS) is 10.6. The monoisotopic (exact) mass is 346 g/mol. The molecule has 122 valence electrons. The summed E-state index contributed by atoms with van der Waals surface area (Å²) in [6.07, 6.45) is 3.26. The van der Waals surface area contributed by atoms with Gasteiger partial charge in [0.05, 0.1) is 17.1 Å². The zero-order valence-corrected chi connectivity index (χ0v) is 13.4. The summed E-state index contributed by atoms with van der Waals surface area (Å²) in [7, 11) is 1.57. The largest absolute Gasteiger partial charge is 0.337 e. The second-order valence-corrected chi connectivity index (χ2v) is 5.45. The predicted molar refractivity (Wildman–Crippen MR) is 84.7 cm³/mol. The summed E-state index contributed by atoms with van der Waals surface area (Å²) in [5.41, 5.74) is 0.913. The van der Waals surface area contributed by atoms with Gasteiger partial charge in [-0.1, -0.05) is 16.8 Å². The molecule has 6 nitrogen and oxygen atoms in total. The highest BCUT2D eigenvalue weighted by Crippen LogP contribution is 2.20. The van der Waals surface area contributed by atoms with Crippen molar-refractivity contribution in [1.82, 2.24) is 20.0 Å². The molecule has 3 rings (SSSR count). The Kier molecular flexibility index (Phi) is 4.52. The van der Waals surface area contributed by atoms with Crippen LogP contribution in [0.15, 0.2) is 47.2 Å². The lowest BCUT2D eigenvalue weighted by atomic mass is 10.2. The Bertz CT molecular complexity index is 870. The lowest BCUT2D eigenvalue weighted by Crippen LogP contribution is -2.26. The highest BCUT2D eigenvalue weighted by Gasteiger charge is 2.18. The first kappa shape index (κ1) is 16.1. The molecular weight excluding hydrogens is 335 g/mol. The van der Waals surface area contributed by atoms with Gasteiger partial charge in [0.15, 0.2) is 0 Å². The van der Waals surface area contributed by atoms with Crippen LogP contribution in [0.3, 0.4) is 0 Å². The number of carbonyl (C=O) groups excluding carboxylic acids is 1. The minimum absolute atomic E-state index is 0.0495. The van der Waals surface area contributed by atoms with E-state index in [1.165, 1.54) is 17.0 Å². The fourth-order valence-corrected chi connectivity index (χ4v) is 2.32. The van der Waals surface area contributed by atoms with E-state index in [1.807, 2.05) is 0 Å². The van der Waals surface area contributed by atoms with Gasteiger partial charge in [-0.05, 0) is 30.3 Å². The first-order chi connectivity index (χ1) is 11.5. The zero-order chi connectivity index (χ0) is 17.1. The van der Waals surface area contributed by atoms with E-state index in [1.54, 1.807) is 31.6 Å². The number of pyridine rings is 1. The van der Waals surface area contributed by atoms with Crippen LogP contribution in [0.25, 0.3) is 11.4 Å². The maximum Gasteiger partial charge on any atom is 0.255 e. The van der Waals surface area contributed by atoms with Crippen LogP contribution in [-0.4, -0.2) is 33.0 Å². The molecule has 0 aliphatic rings. The van der Waals surface area contributed by atoms with E-state index in [0.29, 0.717) is 11.4 Å². The van der Waals surface area contributed by atoms with Crippen molar-refractivity contribution in [1.29, 1.82) is 0 Å². The minimum Gasteiger partial charge on any atom is -0.337 e. The maximum absolute atomic E-state index is 13.1. The van der Waals surface area contributed by atoms with Crippen LogP contribution in [0.2, 0.25) is 5.02 Å². The van der Waals surface area contributed by atoms with Crippen molar-refractivity contribution >= 4 is 17.5 Å². The molecule has 0 radical (unpaired) electrons. The molecule has 2 aromatic heterocycles. The number of nitrogens with zero attached hydrogens (tertiary/aromatic N) is 4. The molecule has 1 amide bonds. The summed E-state index contributed by atoms with van der Waals surface area (Å²) in [6.45, 7) is 0.0970. The smallest absolute Gasteiger partial charge is 0.255 e. The Morgan fingerprint density at radius 3 is 2.92 bits per heavy atom. The standard InChI is InChI=1S/C16H12ClFN4O2/c1-22(16(23)12-5-4-11(18)7-13(12)17)9-14-20-15(21-24-14)10-3-2-6-19-8-10/h2-8H,9H2,1H3.